The maximum absolute atomic E-state index is 5.52. The van der Waals surface area contributed by atoms with Crippen molar-refractivity contribution < 1.29 is 4.74 Å². The number of guanidine groups is 1. The first-order valence-electron chi connectivity index (χ1n) is 6.85. The van der Waals surface area contributed by atoms with Crippen LogP contribution in [0.4, 0.5) is 0 Å². The second-order valence-corrected chi connectivity index (χ2v) is 5.00. The second-order valence-electron chi connectivity index (χ2n) is 5.00. The third-order valence-electron chi connectivity index (χ3n) is 2.43. The van der Waals surface area contributed by atoms with Gasteiger partial charge in [0.15, 0.2) is 5.96 Å². The molecule has 0 atom stereocenters. The summed E-state index contributed by atoms with van der Waals surface area (Å²) < 4.78 is 5.52. The quantitative estimate of drug-likeness (QED) is 0.387. The van der Waals surface area contributed by atoms with Crippen LogP contribution in [0.5, 0.6) is 0 Å². The van der Waals surface area contributed by atoms with Crippen molar-refractivity contribution in [1.29, 1.82) is 0 Å². The highest BCUT2D eigenvalue weighted by Crippen LogP contribution is 2.18. The summed E-state index contributed by atoms with van der Waals surface area (Å²) in [6.07, 6.45) is 3.55. The van der Waals surface area contributed by atoms with Crippen molar-refractivity contribution >= 4 is 5.96 Å². The van der Waals surface area contributed by atoms with E-state index in [-0.39, 0.29) is 0 Å². The maximum Gasteiger partial charge on any atom is 0.191 e. The fourth-order valence-corrected chi connectivity index (χ4v) is 1.42. The van der Waals surface area contributed by atoms with Crippen molar-refractivity contribution in [2.45, 2.75) is 46.1 Å². The minimum Gasteiger partial charge on any atom is -0.381 e. The zero-order valence-corrected chi connectivity index (χ0v) is 11.5. The van der Waals surface area contributed by atoms with E-state index in [9.17, 15) is 0 Å². The highest BCUT2D eigenvalue weighted by atomic mass is 16.5. The monoisotopic (exact) mass is 241 g/mol. The molecule has 0 unspecified atom stereocenters. The summed E-state index contributed by atoms with van der Waals surface area (Å²) in [5, 5.41) is 6.66. The van der Waals surface area contributed by atoms with E-state index in [1.165, 1.54) is 12.8 Å². The molecule has 0 aromatic rings. The highest BCUT2D eigenvalue weighted by molar-refractivity contribution is 5.80. The summed E-state index contributed by atoms with van der Waals surface area (Å²) in [5.74, 6) is 1.58. The van der Waals surface area contributed by atoms with Crippen LogP contribution in [0.25, 0.3) is 0 Å². The predicted octanol–water partition coefficient (Wildman–Crippen LogP) is 1.77. The van der Waals surface area contributed by atoms with E-state index in [1.807, 2.05) is 0 Å². The van der Waals surface area contributed by atoms with Crippen LogP contribution in [0, 0.1) is 5.92 Å². The van der Waals surface area contributed by atoms with Crippen molar-refractivity contribution in [1.82, 2.24) is 10.6 Å². The normalized spacial score (nSPS) is 16.4. The number of nitrogens with one attached hydrogen (secondary N) is 2. The first kappa shape index (κ1) is 14.3. The predicted molar refractivity (Wildman–Crippen MR) is 72.4 cm³/mol. The zero-order valence-electron chi connectivity index (χ0n) is 11.5. The molecule has 0 aromatic carbocycles. The summed E-state index contributed by atoms with van der Waals surface area (Å²) in [4.78, 5) is 4.52. The van der Waals surface area contributed by atoms with Gasteiger partial charge in [0, 0.05) is 32.3 Å². The van der Waals surface area contributed by atoms with Crippen LogP contribution < -0.4 is 10.6 Å². The SMILES string of the molecule is CCNC(=NCCCOCC(C)C)NC1CC1. The lowest BCUT2D eigenvalue weighted by atomic mass is 10.2. The molecule has 2 N–H and O–H groups in total. The molecule has 0 aromatic heterocycles. The lowest BCUT2D eigenvalue weighted by Gasteiger charge is -2.10. The Morgan fingerprint density at radius 1 is 1.41 bits per heavy atom. The Labute approximate surface area is 105 Å². The summed E-state index contributed by atoms with van der Waals surface area (Å²) in [6.45, 7) is 9.84. The van der Waals surface area contributed by atoms with E-state index >= 15 is 0 Å². The fraction of sp³-hybridized carbons (Fsp3) is 0.923. The summed E-state index contributed by atoms with van der Waals surface area (Å²) in [7, 11) is 0. The Morgan fingerprint density at radius 3 is 2.76 bits per heavy atom. The Morgan fingerprint density at radius 2 is 2.18 bits per heavy atom. The van der Waals surface area contributed by atoms with Gasteiger partial charge in [-0.15, -0.1) is 0 Å². The van der Waals surface area contributed by atoms with Gasteiger partial charge < -0.3 is 15.4 Å². The van der Waals surface area contributed by atoms with Crippen molar-refractivity contribution in [2.24, 2.45) is 10.9 Å². The summed E-state index contributed by atoms with van der Waals surface area (Å²) in [5.41, 5.74) is 0. The average molecular weight is 241 g/mol. The standard InChI is InChI=1S/C13H27N3O/c1-4-14-13(16-12-6-7-12)15-8-5-9-17-10-11(2)3/h11-12H,4-10H2,1-3H3,(H2,14,15,16). The molecule has 0 heterocycles. The van der Waals surface area contributed by atoms with Gasteiger partial charge in [0.05, 0.1) is 0 Å². The molecule has 0 spiro atoms. The van der Waals surface area contributed by atoms with Gasteiger partial charge in [-0.25, -0.2) is 0 Å². The molecule has 0 bridgehead atoms. The number of ether oxygens (including phenoxy) is 1. The smallest absolute Gasteiger partial charge is 0.191 e. The van der Waals surface area contributed by atoms with Gasteiger partial charge in [-0.05, 0) is 32.1 Å². The van der Waals surface area contributed by atoms with Crippen LogP contribution in [0.1, 0.15) is 40.0 Å². The van der Waals surface area contributed by atoms with Crippen molar-refractivity contribution in [2.75, 3.05) is 26.3 Å². The molecule has 17 heavy (non-hydrogen) atoms. The number of hydrogen-bond acceptors (Lipinski definition) is 2. The Bertz CT molecular complexity index is 225. The van der Waals surface area contributed by atoms with Gasteiger partial charge in [-0.1, -0.05) is 13.8 Å². The first-order chi connectivity index (χ1) is 8.22. The van der Waals surface area contributed by atoms with Crippen LogP contribution in [0.2, 0.25) is 0 Å². The van der Waals surface area contributed by atoms with Crippen LogP contribution in [-0.2, 0) is 4.74 Å². The third kappa shape index (κ3) is 8.02. The van der Waals surface area contributed by atoms with Crippen LogP contribution in [0.15, 0.2) is 4.99 Å². The van der Waals surface area contributed by atoms with Gasteiger partial charge >= 0.3 is 0 Å². The molecule has 0 amide bonds. The third-order valence-corrected chi connectivity index (χ3v) is 2.43. The van der Waals surface area contributed by atoms with E-state index in [0.29, 0.717) is 12.0 Å². The van der Waals surface area contributed by atoms with Crippen LogP contribution >= 0.6 is 0 Å². The van der Waals surface area contributed by atoms with Gasteiger partial charge in [0.25, 0.3) is 0 Å². The summed E-state index contributed by atoms with van der Waals surface area (Å²) in [6, 6.07) is 0.657. The Balaban J connectivity index is 2.06. The molecule has 0 radical (unpaired) electrons. The average Bonchev–Trinajstić information content (AvgIpc) is 3.06. The molecular weight excluding hydrogens is 214 g/mol. The minimum absolute atomic E-state index is 0.618. The van der Waals surface area contributed by atoms with E-state index in [0.717, 1.165) is 38.7 Å². The molecule has 1 fully saturated rings. The maximum atomic E-state index is 5.52. The fourth-order valence-electron chi connectivity index (χ4n) is 1.42. The van der Waals surface area contributed by atoms with Crippen molar-refractivity contribution in [3.63, 3.8) is 0 Å². The number of rotatable bonds is 8. The summed E-state index contributed by atoms with van der Waals surface area (Å²) >= 11 is 0. The number of hydrogen-bond donors (Lipinski definition) is 2. The van der Waals surface area contributed by atoms with Crippen molar-refractivity contribution in [3.8, 4) is 0 Å². The highest BCUT2D eigenvalue weighted by Gasteiger charge is 2.21. The molecule has 0 saturated heterocycles. The second kappa shape index (κ2) is 8.34. The molecule has 100 valence electrons. The lowest BCUT2D eigenvalue weighted by Crippen LogP contribution is -2.38. The topological polar surface area (TPSA) is 45.7 Å². The van der Waals surface area contributed by atoms with E-state index in [2.05, 4.69) is 36.4 Å². The van der Waals surface area contributed by atoms with Gasteiger partial charge in [-0.2, -0.15) is 0 Å². The molecule has 4 nitrogen and oxygen atoms in total. The molecule has 1 aliphatic carbocycles. The van der Waals surface area contributed by atoms with Gasteiger partial charge in [0.1, 0.15) is 0 Å². The van der Waals surface area contributed by atoms with Crippen LogP contribution in [-0.4, -0.2) is 38.3 Å². The van der Waals surface area contributed by atoms with Crippen LogP contribution in [0.3, 0.4) is 0 Å². The molecule has 0 aliphatic heterocycles. The van der Waals surface area contributed by atoms with E-state index < -0.39 is 0 Å². The Kier molecular flexibility index (Phi) is 7.01. The molecule has 1 saturated carbocycles. The van der Waals surface area contributed by atoms with Gasteiger partial charge in [-0.3, -0.25) is 4.99 Å². The van der Waals surface area contributed by atoms with Crippen molar-refractivity contribution in [3.05, 3.63) is 0 Å². The molecule has 1 rings (SSSR count). The number of nitrogens with zero attached hydrogens (tertiary/aromatic N) is 1. The molecule has 4 heteroatoms. The molecule has 1 aliphatic rings. The number of aliphatic imine (C=N–C) groups is 1. The first-order valence-corrected chi connectivity index (χ1v) is 6.85. The lowest BCUT2D eigenvalue weighted by molar-refractivity contribution is 0.109. The van der Waals surface area contributed by atoms with E-state index in [1.54, 1.807) is 0 Å². The zero-order chi connectivity index (χ0) is 12.5. The Hall–Kier alpha value is -0.770. The minimum atomic E-state index is 0.618. The molecular formula is C13H27N3O. The van der Waals surface area contributed by atoms with Gasteiger partial charge in [0.2, 0.25) is 0 Å². The van der Waals surface area contributed by atoms with E-state index in [4.69, 9.17) is 4.74 Å². The largest absolute Gasteiger partial charge is 0.381 e.